The van der Waals surface area contributed by atoms with Gasteiger partial charge >= 0.3 is 0 Å². The molecule has 32 heavy (non-hydrogen) atoms. The number of nitrogens with one attached hydrogen (secondary N) is 1. The van der Waals surface area contributed by atoms with Crippen LogP contribution in [0.25, 0.3) is 11.0 Å². The van der Waals surface area contributed by atoms with Gasteiger partial charge in [0.1, 0.15) is 11.3 Å². The van der Waals surface area contributed by atoms with Crippen molar-refractivity contribution in [3.05, 3.63) is 65.9 Å². The fourth-order valence-electron chi connectivity index (χ4n) is 4.00. The minimum Gasteiger partial charge on any atom is -0.459 e. The Balaban J connectivity index is 1.38. The molecule has 0 bridgehead atoms. The fourth-order valence-corrected chi connectivity index (χ4v) is 5.52. The summed E-state index contributed by atoms with van der Waals surface area (Å²) in [5.74, 6) is 0.131. The van der Waals surface area contributed by atoms with Gasteiger partial charge in [-0.2, -0.15) is 4.31 Å². The Morgan fingerprint density at radius 1 is 1.06 bits per heavy atom. The van der Waals surface area contributed by atoms with Crippen LogP contribution in [-0.2, 0) is 14.8 Å². The van der Waals surface area contributed by atoms with Crippen LogP contribution in [0.15, 0.2) is 63.9 Å². The zero-order valence-corrected chi connectivity index (χ0v) is 18.9. The standard InChI is InChI=1S/C24H26N2O5S/c1-16(23-15-20-6-3-4-9-22(20)31-23)25-24(28)18-10-12-26(13-11-18)32(29,30)21-8-5-7-19(14-21)17(2)27/h3-9,14-16,18H,10-13H2,1-2H3,(H,25,28). The number of hydrogen-bond acceptors (Lipinski definition) is 5. The van der Waals surface area contributed by atoms with Crippen molar-refractivity contribution in [1.29, 1.82) is 0 Å². The molecule has 0 saturated carbocycles. The number of benzene rings is 2. The number of hydrogen-bond donors (Lipinski definition) is 1. The second-order valence-corrected chi connectivity index (χ2v) is 10.1. The predicted octanol–water partition coefficient (Wildman–Crippen LogP) is 3.91. The number of carbonyl (C=O) groups is 2. The number of furan rings is 1. The third-order valence-corrected chi connectivity index (χ3v) is 7.83. The number of fused-ring (bicyclic) bond motifs is 1. The van der Waals surface area contributed by atoms with Crippen LogP contribution in [0, 0.1) is 5.92 Å². The van der Waals surface area contributed by atoms with Crippen LogP contribution < -0.4 is 5.32 Å². The molecule has 1 aliphatic heterocycles. The number of Topliss-reactive ketones (excluding diaryl/α,β-unsaturated/α-hetero) is 1. The summed E-state index contributed by atoms with van der Waals surface area (Å²) in [6.45, 7) is 3.78. The number of rotatable bonds is 6. The van der Waals surface area contributed by atoms with Crippen molar-refractivity contribution in [3.63, 3.8) is 0 Å². The Bertz CT molecular complexity index is 1220. The van der Waals surface area contributed by atoms with Gasteiger partial charge in [-0.05, 0) is 51.0 Å². The van der Waals surface area contributed by atoms with Crippen molar-refractivity contribution in [2.75, 3.05) is 13.1 Å². The summed E-state index contributed by atoms with van der Waals surface area (Å²) in [5, 5.41) is 3.98. The summed E-state index contributed by atoms with van der Waals surface area (Å²) in [5.41, 5.74) is 1.14. The lowest BCUT2D eigenvalue weighted by Gasteiger charge is -2.31. The van der Waals surface area contributed by atoms with E-state index in [1.54, 1.807) is 12.1 Å². The smallest absolute Gasteiger partial charge is 0.243 e. The Morgan fingerprint density at radius 2 is 1.78 bits per heavy atom. The summed E-state index contributed by atoms with van der Waals surface area (Å²) < 4.78 is 33.2. The lowest BCUT2D eigenvalue weighted by Crippen LogP contribution is -2.43. The summed E-state index contributed by atoms with van der Waals surface area (Å²) in [7, 11) is -3.71. The number of amides is 1. The van der Waals surface area contributed by atoms with E-state index < -0.39 is 10.0 Å². The van der Waals surface area contributed by atoms with E-state index in [9.17, 15) is 18.0 Å². The lowest BCUT2D eigenvalue weighted by molar-refractivity contribution is -0.126. The van der Waals surface area contributed by atoms with Crippen molar-refractivity contribution >= 4 is 32.7 Å². The molecular weight excluding hydrogens is 428 g/mol. The van der Waals surface area contributed by atoms with E-state index in [1.807, 2.05) is 37.3 Å². The van der Waals surface area contributed by atoms with Crippen LogP contribution in [0.2, 0.25) is 0 Å². The summed E-state index contributed by atoms with van der Waals surface area (Å²) >= 11 is 0. The van der Waals surface area contributed by atoms with Crippen LogP contribution in [-0.4, -0.2) is 37.5 Å². The van der Waals surface area contributed by atoms with Crippen LogP contribution >= 0.6 is 0 Å². The molecule has 2 aromatic carbocycles. The van der Waals surface area contributed by atoms with Gasteiger partial charge in [0, 0.05) is 30.0 Å². The molecule has 1 fully saturated rings. The first-order valence-corrected chi connectivity index (χ1v) is 12.1. The van der Waals surface area contributed by atoms with Crippen molar-refractivity contribution in [3.8, 4) is 0 Å². The Labute approximate surface area is 187 Å². The number of para-hydroxylation sites is 1. The molecule has 168 valence electrons. The molecule has 1 unspecified atom stereocenters. The minimum atomic E-state index is -3.71. The van der Waals surface area contributed by atoms with E-state index >= 15 is 0 Å². The Morgan fingerprint density at radius 3 is 2.47 bits per heavy atom. The fraction of sp³-hybridized carbons (Fsp3) is 0.333. The van der Waals surface area contributed by atoms with E-state index in [0.717, 1.165) is 11.0 Å². The first-order valence-electron chi connectivity index (χ1n) is 10.7. The van der Waals surface area contributed by atoms with Crippen molar-refractivity contribution < 1.29 is 22.4 Å². The van der Waals surface area contributed by atoms with Gasteiger partial charge in [0.15, 0.2) is 5.78 Å². The molecule has 1 aromatic heterocycles. The average molecular weight is 455 g/mol. The molecule has 7 nitrogen and oxygen atoms in total. The molecule has 0 spiro atoms. The first-order chi connectivity index (χ1) is 15.3. The molecular formula is C24H26N2O5S. The van der Waals surface area contributed by atoms with Crippen molar-refractivity contribution in [2.45, 2.75) is 37.6 Å². The zero-order chi connectivity index (χ0) is 22.9. The van der Waals surface area contributed by atoms with Gasteiger partial charge in [-0.15, -0.1) is 0 Å². The monoisotopic (exact) mass is 454 g/mol. The molecule has 1 saturated heterocycles. The molecule has 1 amide bonds. The number of nitrogens with zero attached hydrogens (tertiary/aromatic N) is 1. The number of ketones is 1. The highest BCUT2D eigenvalue weighted by Gasteiger charge is 2.33. The van der Waals surface area contributed by atoms with Gasteiger partial charge in [0.05, 0.1) is 10.9 Å². The highest BCUT2D eigenvalue weighted by atomic mass is 32.2. The van der Waals surface area contributed by atoms with Crippen molar-refractivity contribution in [2.24, 2.45) is 5.92 Å². The quantitative estimate of drug-likeness (QED) is 0.570. The SMILES string of the molecule is CC(=O)c1cccc(S(=O)(=O)N2CCC(C(=O)NC(C)c3cc4ccccc4o3)CC2)c1. The van der Waals surface area contributed by atoms with E-state index in [2.05, 4.69) is 5.32 Å². The first kappa shape index (κ1) is 22.2. The van der Waals surface area contributed by atoms with Gasteiger partial charge in [-0.3, -0.25) is 9.59 Å². The number of carbonyl (C=O) groups excluding carboxylic acids is 2. The van der Waals surface area contributed by atoms with Crippen LogP contribution in [0.4, 0.5) is 0 Å². The van der Waals surface area contributed by atoms with E-state index in [4.69, 9.17) is 4.42 Å². The molecule has 1 atom stereocenters. The lowest BCUT2D eigenvalue weighted by atomic mass is 9.97. The molecule has 0 aliphatic carbocycles. The molecule has 0 radical (unpaired) electrons. The summed E-state index contributed by atoms with van der Waals surface area (Å²) in [6.07, 6.45) is 0.870. The molecule has 1 N–H and O–H groups in total. The topological polar surface area (TPSA) is 96.7 Å². The zero-order valence-electron chi connectivity index (χ0n) is 18.1. The maximum Gasteiger partial charge on any atom is 0.243 e. The van der Waals surface area contributed by atoms with Gasteiger partial charge in [0.2, 0.25) is 15.9 Å². The molecule has 1 aliphatic rings. The predicted molar refractivity (Wildman–Crippen MR) is 121 cm³/mol. The largest absolute Gasteiger partial charge is 0.459 e. The molecule has 8 heteroatoms. The maximum absolute atomic E-state index is 13.0. The van der Waals surface area contributed by atoms with Crippen LogP contribution in [0.5, 0.6) is 0 Å². The Hall–Kier alpha value is -2.97. The van der Waals surface area contributed by atoms with Crippen LogP contribution in [0.1, 0.15) is 48.8 Å². The second-order valence-electron chi connectivity index (χ2n) is 8.18. The van der Waals surface area contributed by atoms with Crippen molar-refractivity contribution in [1.82, 2.24) is 9.62 Å². The second kappa shape index (κ2) is 8.88. The Kier molecular flexibility index (Phi) is 6.17. The van der Waals surface area contributed by atoms with Gasteiger partial charge < -0.3 is 9.73 Å². The molecule has 4 rings (SSSR count). The highest BCUT2D eigenvalue weighted by Crippen LogP contribution is 2.27. The van der Waals surface area contributed by atoms with Gasteiger partial charge in [-0.25, -0.2) is 8.42 Å². The summed E-state index contributed by atoms with van der Waals surface area (Å²) in [4.78, 5) is 24.5. The summed E-state index contributed by atoms with van der Waals surface area (Å²) in [6, 6.07) is 15.4. The highest BCUT2D eigenvalue weighted by molar-refractivity contribution is 7.89. The van der Waals surface area contributed by atoms with E-state index in [-0.39, 0.29) is 41.6 Å². The van der Waals surface area contributed by atoms with E-state index in [0.29, 0.717) is 24.2 Å². The van der Waals surface area contributed by atoms with Gasteiger partial charge in [-0.1, -0.05) is 30.3 Å². The molecule has 3 aromatic rings. The average Bonchev–Trinajstić information content (AvgIpc) is 3.24. The maximum atomic E-state index is 13.0. The van der Waals surface area contributed by atoms with Gasteiger partial charge in [0.25, 0.3) is 0 Å². The molecule has 2 heterocycles. The number of piperidine rings is 1. The number of sulfonamides is 1. The van der Waals surface area contributed by atoms with Crippen LogP contribution in [0.3, 0.4) is 0 Å². The third kappa shape index (κ3) is 4.47. The normalized spacial score (nSPS) is 16.7. The minimum absolute atomic E-state index is 0.103. The third-order valence-electron chi connectivity index (χ3n) is 5.93. The van der Waals surface area contributed by atoms with E-state index in [1.165, 1.54) is 23.4 Å².